The van der Waals surface area contributed by atoms with Gasteiger partial charge in [-0.1, -0.05) is 26.8 Å². The smallest absolute Gasteiger partial charge is 0.251 e. The monoisotopic (exact) mass is 325 g/mol. The highest BCUT2D eigenvalue weighted by atomic mass is 16.1. The quantitative estimate of drug-likeness (QED) is 0.941. The number of aromatic nitrogens is 4. The fourth-order valence-corrected chi connectivity index (χ4v) is 4.73. The van der Waals surface area contributed by atoms with Crippen molar-refractivity contribution < 1.29 is 4.79 Å². The summed E-state index contributed by atoms with van der Waals surface area (Å²) in [5.74, 6) is 0.694. The van der Waals surface area contributed by atoms with Gasteiger partial charge in [0.2, 0.25) is 0 Å². The van der Waals surface area contributed by atoms with E-state index in [0.29, 0.717) is 16.9 Å². The van der Waals surface area contributed by atoms with Gasteiger partial charge in [0, 0.05) is 11.6 Å². The number of fused-ring (bicyclic) bond motifs is 2. The molecule has 1 amide bonds. The van der Waals surface area contributed by atoms with Gasteiger partial charge < -0.3 is 5.32 Å². The van der Waals surface area contributed by atoms with Crippen LogP contribution in [0, 0.1) is 16.7 Å². The Hall–Kier alpha value is -2.24. The summed E-state index contributed by atoms with van der Waals surface area (Å²) in [5.41, 5.74) is 1.90. The largest absolute Gasteiger partial charge is 0.349 e. The molecule has 1 aromatic heterocycles. The van der Waals surface area contributed by atoms with Crippen molar-refractivity contribution >= 4 is 5.91 Å². The summed E-state index contributed by atoms with van der Waals surface area (Å²) >= 11 is 0. The summed E-state index contributed by atoms with van der Waals surface area (Å²) in [6.45, 7) is 7.05. The van der Waals surface area contributed by atoms with E-state index >= 15 is 0 Å². The molecule has 1 N–H and O–H groups in total. The van der Waals surface area contributed by atoms with E-state index in [4.69, 9.17) is 0 Å². The molecule has 2 fully saturated rings. The highest BCUT2D eigenvalue weighted by molar-refractivity contribution is 5.95. The predicted molar refractivity (Wildman–Crippen MR) is 89.6 cm³/mol. The molecule has 24 heavy (non-hydrogen) atoms. The fourth-order valence-electron chi connectivity index (χ4n) is 4.73. The predicted octanol–water partition coefficient (Wildman–Crippen LogP) is 2.61. The minimum atomic E-state index is -0.0144. The minimum absolute atomic E-state index is 0.0144. The molecule has 2 aliphatic carbocycles. The van der Waals surface area contributed by atoms with Crippen molar-refractivity contribution in [1.29, 1.82) is 0 Å². The van der Waals surface area contributed by atoms with Crippen molar-refractivity contribution in [2.75, 3.05) is 0 Å². The van der Waals surface area contributed by atoms with Crippen molar-refractivity contribution in [3.05, 3.63) is 36.2 Å². The summed E-state index contributed by atoms with van der Waals surface area (Å²) in [7, 11) is 0. The van der Waals surface area contributed by atoms with Crippen LogP contribution in [0.25, 0.3) is 5.69 Å². The first-order valence-corrected chi connectivity index (χ1v) is 8.56. The van der Waals surface area contributed by atoms with Gasteiger partial charge in [0.1, 0.15) is 6.33 Å². The van der Waals surface area contributed by atoms with Crippen LogP contribution >= 0.6 is 0 Å². The van der Waals surface area contributed by atoms with Gasteiger partial charge in [-0.3, -0.25) is 4.79 Å². The van der Waals surface area contributed by atoms with Crippen LogP contribution in [0.1, 0.15) is 50.4 Å². The van der Waals surface area contributed by atoms with Crippen molar-refractivity contribution in [2.45, 2.75) is 46.1 Å². The molecular weight excluding hydrogens is 302 g/mol. The van der Waals surface area contributed by atoms with Crippen molar-refractivity contribution in [3.8, 4) is 5.69 Å². The molecule has 3 atom stereocenters. The van der Waals surface area contributed by atoms with E-state index < -0.39 is 0 Å². The molecule has 0 aliphatic heterocycles. The highest BCUT2D eigenvalue weighted by Gasteiger charge is 2.61. The third-order valence-electron chi connectivity index (χ3n) is 6.82. The molecule has 2 aliphatic rings. The lowest BCUT2D eigenvalue weighted by atomic mass is 9.69. The van der Waals surface area contributed by atoms with Gasteiger partial charge in [0.15, 0.2) is 0 Å². The number of carbonyl (C=O) groups is 1. The van der Waals surface area contributed by atoms with Crippen LogP contribution in [-0.2, 0) is 0 Å². The molecule has 126 valence electrons. The molecule has 1 heterocycles. The molecular formula is C18H23N5O. The van der Waals surface area contributed by atoms with E-state index in [0.717, 1.165) is 12.1 Å². The van der Waals surface area contributed by atoms with E-state index in [1.54, 1.807) is 4.68 Å². The molecule has 4 rings (SSSR count). The number of tetrazole rings is 1. The third-order valence-corrected chi connectivity index (χ3v) is 6.82. The van der Waals surface area contributed by atoms with E-state index in [2.05, 4.69) is 41.6 Å². The lowest BCUT2D eigenvalue weighted by Crippen LogP contribution is -2.46. The number of carbonyl (C=O) groups excluding carboxylic acids is 1. The molecule has 2 saturated carbocycles. The zero-order valence-electron chi connectivity index (χ0n) is 14.4. The number of amides is 1. The van der Waals surface area contributed by atoms with Crippen molar-refractivity contribution in [2.24, 2.45) is 16.7 Å². The number of nitrogens with one attached hydrogen (secondary N) is 1. The Balaban J connectivity index is 1.55. The van der Waals surface area contributed by atoms with E-state index in [-0.39, 0.29) is 17.4 Å². The number of hydrogen-bond donors (Lipinski definition) is 1. The lowest BCUT2D eigenvalue weighted by molar-refractivity contribution is 0.0826. The zero-order valence-corrected chi connectivity index (χ0v) is 14.4. The van der Waals surface area contributed by atoms with Gasteiger partial charge in [-0.15, -0.1) is 5.10 Å². The normalized spacial score (nSPS) is 30.5. The molecule has 0 unspecified atom stereocenters. The number of rotatable bonds is 3. The Labute approximate surface area is 141 Å². The molecule has 0 saturated heterocycles. The summed E-state index contributed by atoms with van der Waals surface area (Å²) in [6, 6.07) is 7.65. The molecule has 6 nitrogen and oxygen atoms in total. The Bertz CT molecular complexity index is 769. The fraction of sp³-hybridized carbons (Fsp3) is 0.556. The van der Waals surface area contributed by atoms with Gasteiger partial charge in [-0.05, 0) is 64.6 Å². The maximum atomic E-state index is 12.8. The Morgan fingerprint density at radius 3 is 2.79 bits per heavy atom. The summed E-state index contributed by atoms with van der Waals surface area (Å²) in [6.07, 6.45) is 5.09. The van der Waals surface area contributed by atoms with Gasteiger partial charge in [0.05, 0.1) is 5.69 Å². The van der Waals surface area contributed by atoms with E-state index in [1.807, 2.05) is 24.3 Å². The van der Waals surface area contributed by atoms with Crippen LogP contribution in [0.15, 0.2) is 30.6 Å². The molecule has 0 radical (unpaired) electrons. The Morgan fingerprint density at radius 1 is 1.33 bits per heavy atom. The van der Waals surface area contributed by atoms with Gasteiger partial charge in [0.25, 0.3) is 5.91 Å². The maximum absolute atomic E-state index is 12.8. The Morgan fingerprint density at radius 2 is 2.17 bits per heavy atom. The Kier molecular flexibility index (Phi) is 3.27. The summed E-state index contributed by atoms with van der Waals surface area (Å²) < 4.78 is 1.55. The lowest BCUT2D eigenvalue weighted by Gasteiger charge is -2.39. The average molecular weight is 325 g/mol. The topological polar surface area (TPSA) is 72.7 Å². The second kappa shape index (κ2) is 5.13. The summed E-state index contributed by atoms with van der Waals surface area (Å²) in [5, 5.41) is 14.4. The van der Waals surface area contributed by atoms with E-state index in [1.165, 1.54) is 19.2 Å². The van der Waals surface area contributed by atoms with Crippen LogP contribution in [0.3, 0.4) is 0 Å². The van der Waals surface area contributed by atoms with Crippen molar-refractivity contribution in [1.82, 2.24) is 25.5 Å². The average Bonchev–Trinajstić information content (AvgIpc) is 3.22. The van der Waals surface area contributed by atoms with Crippen molar-refractivity contribution in [3.63, 3.8) is 0 Å². The maximum Gasteiger partial charge on any atom is 0.251 e. The summed E-state index contributed by atoms with van der Waals surface area (Å²) in [4.78, 5) is 12.8. The van der Waals surface area contributed by atoms with Gasteiger partial charge in [-0.25, -0.2) is 4.68 Å². The first kappa shape index (κ1) is 15.3. The van der Waals surface area contributed by atoms with Gasteiger partial charge >= 0.3 is 0 Å². The number of nitrogens with zero attached hydrogens (tertiary/aromatic N) is 4. The number of benzene rings is 1. The van der Waals surface area contributed by atoms with Crippen LogP contribution in [0.2, 0.25) is 0 Å². The standard InChI is InChI=1S/C18H23N5O/c1-17(2)13-7-8-18(17,3)15(10-13)20-16(24)12-5-4-6-14(9-12)23-11-19-21-22-23/h4-6,9,11,13,15H,7-8,10H2,1-3H3,(H,20,24)/t13-,15-,18+/m0/s1. The van der Waals surface area contributed by atoms with Gasteiger partial charge in [-0.2, -0.15) is 0 Å². The second-order valence-corrected chi connectivity index (χ2v) is 7.94. The van der Waals surface area contributed by atoms with Crippen LogP contribution < -0.4 is 5.32 Å². The molecule has 1 aromatic carbocycles. The van der Waals surface area contributed by atoms with E-state index in [9.17, 15) is 4.79 Å². The molecule has 2 aromatic rings. The highest BCUT2D eigenvalue weighted by Crippen LogP contribution is 2.65. The second-order valence-electron chi connectivity index (χ2n) is 7.94. The van der Waals surface area contributed by atoms with Crippen LogP contribution in [-0.4, -0.2) is 32.2 Å². The number of hydrogen-bond acceptors (Lipinski definition) is 4. The first-order chi connectivity index (χ1) is 11.4. The van der Waals surface area contributed by atoms with Crippen LogP contribution in [0.5, 0.6) is 0 Å². The zero-order chi connectivity index (χ0) is 16.9. The minimum Gasteiger partial charge on any atom is -0.349 e. The SMILES string of the molecule is CC1(C)[C@H]2CC[C@]1(C)[C@@H](NC(=O)c1cccc(-n3cnnn3)c1)C2. The molecule has 0 spiro atoms. The first-order valence-electron chi connectivity index (χ1n) is 8.56. The molecule has 2 bridgehead atoms. The molecule has 6 heteroatoms. The van der Waals surface area contributed by atoms with Crippen LogP contribution in [0.4, 0.5) is 0 Å². The third kappa shape index (κ3) is 2.08.